The summed E-state index contributed by atoms with van der Waals surface area (Å²) in [6.07, 6.45) is 2.75. The zero-order valence-electron chi connectivity index (χ0n) is 16.6. The number of carbonyl (C=O) groups is 1. The van der Waals surface area contributed by atoms with Gasteiger partial charge in [-0.1, -0.05) is 49.9 Å². The van der Waals surface area contributed by atoms with E-state index in [0.717, 1.165) is 37.5 Å². The van der Waals surface area contributed by atoms with Crippen molar-refractivity contribution in [2.24, 2.45) is 11.8 Å². The fourth-order valence-electron chi connectivity index (χ4n) is 3.69. The number of carbonyl (C=O) groups excluding carboxylic acids is 1. The van der Waals surface area contributed by atoms with Crippen molar-refractivity contribution in [1.29, 1.82) is 0 Å². The monoisotopic (exact) mass is 472 g/mol. The van der Waals surface area contributed by atoms with Crippen LogP contribution in [0.1, 0.15) is 43.5 Å². The van der Waals surface area contributed by atoms with Gasteiger partial charge in [0.05, 0.1) is 10.5 Å². The third-order valence-electron chi connectivity index (χ3n) is 5.63. The second-order valence-corrected chi connectivity index (χ2v) is 10.3. The molecule has 0 bridgehead atoms. The van der Waals surface area contributed by atoms with Crippen LogP contribution in [0.25, 0.3) is 0 Å². The average Bonchev–Trinajstić information content (AvgIpc) is 2.64. The van der Waals surface area contributed by atoms with E-state index in [9.17, 15) is 17.6 Å². The molecule has 0 heterocycles. The summed E-state index contributed by atoms with van der Waals surface area (Å²) in [5.41, 5.74) is -0.118. The van der Waals surface area contributed by atoms with E-state index < -0.39 is 21.7 Å². The molecule has 0 radical (unpaired) electrons. The molecule has 1 aliphatic carbocycles. The maximum atomic E-state index is 14.3. The van der Waals surface area contributed by atoms with Crippen molar-refractivity contribution < 1.29 is 17.6 Å². The first-order valence-corrected chi connectivity index (χ1v) is 11.9. The number of hydrogen-bond acceptors (Lipinski definition) is 3. The Labute approximate surface area is 186 Å². The molecule has 2 aromatic rings. The van der Waals surface area contributed by atoms with Crippen molar-refractivity contribution in [2.75, 3.05) is 5.32 Å². The highest BCUT2D eigenvalue weighted by molar-refractivity contribution is 7.89. The lowest BCUT2D eigenvalue weighted by molar-refractivity contribution is 0.102. The lowest BCUT2D eigenvalue weighted by atomic mass is 9.78. The molecule has 1 fully saturated rings. The van der Waals surface area contributed by atoms with Gasteiger partial charge in [0.25, 0.3) is 5.91 Å². The Kier molecular flexibility index (Phi) is 7.07. The standard InChI is InChI=1S/C21H23Cl2FN2O3S/c1-12-4-3-5-20(13(12)2)26-30(28,29)17-6-7-19(24)18(11-17)21(27)25-16-9-14(22)8-15(23)10-16/h6-13,20,26H,3-5H2,1-2H3,(H,25,27). The van der Waals surface area contributed by atoms with E-state index in [4.69, 9.17) is 23.2 Å². The number of rotatable bonds is 5. The van der Waals surface area contributed by atoms with E-state index in [1.807, 2.05) is 6.92 Å². The summed E-state index contributed by atoms with van der Waals surface area (Å²) in [7, 11) is -3.91. The number of sulfonamides is 1. The number of amides is 1. The van der Waals surface area contributed by atoms with Crippen molar-refractivity contribution >= 4 is 44.8 Å². The molecule has 1 amide bonds. The van der Waals surface area contributed by atoms with Crippen LogP contribution in [0.3, 0.4) is 0 Å². The first-order valence-electron chi connectivity index (χ1n) is 9.66. The van der Waals surface area contributed by atoms with Gasteiger partial charge in [-0.25, -0.2) is 17.5 Å². The summed E-state index contributed by atoms with van der Waals surface area (Å²) < 4.78 is 42.8. The first-order chi connectivity index (χ1) is 14.1. The number of nitrogens with one attached hydrogen (secondary N) is 2. The topological polar surface area (TPSA) is 75.3 Å². The Morgan fingerprint density at radius 1 is 1.07 bits per heavy atom. The van der Waals surface area contributed by atoms with Crippen LogP contribution in [0.15, 0.2) is 41.3 Å². The molecule has 0 aliphatic heterocycles. The van der Waals surface area contributed by atoms with Gasteiger partial charge in [-0.3, -0.25) is 4.79 Å². The third kappa shape index (κ3) is 5.32. The van der Waals surface area contributed by atoms with Crippen LogP contribution in [0.4, 0.5) is 10.1 Å². The van der Waals surface area contributed by atoms with Crippen LogP contribution < -0.4 is 10.0 Å². The molecule has 30 heavy (non-hydrogen) atoms. The molecule has 3 atom stereocenters. The molecule has 1 saturated carbocycles. The Morgan fingerprint density at radius 3 is 2.40 bits per heavy atom. The van der Waals surface area contributed by atoms with Crippen LogP contribution >= 0.6 is 23.2 Å². The minimum Gasteiger partial charge on any atom is -0.322 e. The Bertz CT molecular complexity index is 1040. The smallest absolute Gasteiger partial charge is 0.258 e. The SMILES string of the molecule is CC1CCCC(NS(=O)(=O)c2ccc(F)c(C(=O)Nc3cc(Cl)cc(Cl)c3)c2)C1C. The highest BCUT2D eigenvalue weighted by atomic mass is 35.5. The minimum atomic E-state index is -3.91. The van der Waals surface area contributed by atoms with Gasteiger partial charge in [-0.2, -0.15) is 0 Å². The molecular weight excluding hydrogens is 450 g/mol. The fraction of sp³-hybridized carbons (Fsp3) is 0.381. The minimum absolute atomic E-state index is 0.163. The average molecular weight is 473 g/mol. The van der Waals surface area contributed by atoms with Gasteiger partial charge < -0.3 is 5.32 Å². The predicted octanol–water partition coefficient (Wildman–Crippen LogP) is 5.49. The van der Waals surface area contributed by atoms with Gasteiger partial charge >= 0.3 is 0 Å². The predicted molar refractivity (Wildman–Crippen MR) is 117 cm³/mol. The zero-order chi connectivity index (χ0) is 22.1. The largest absolute Gasteiger partial charge is 0.322 e. The summed E-state index contributed by atoms with van der Waals surface area (Å²) in [5.74, 6) is -1.04. The third-order valence-corrected chi connectivity index (χ3v) is 7.55. The Morgan fingerprint density at radius 2 is 1.73 bits per heavy atom. The van der Waals surface area contributed by atoms with Gasteiger partial charge in [0, 0.05) is 21.8 Å². The maximum Gasteiger partial charge on any atom is 0.258 e. The zero-order valence-corrected chi connectivity index (χ0v) is 18.9. The number of halogens is 3. The Balaban J connectivity index is 1.84. The highest BCUT2D eigenvalue weighted by Gasteiger charge is 2.31. The molecule has 0 saturated heterocycles. The lowest BCUT2D eigenvalue weighted by Gasteiger charge is -2.34. The molecule has 162 valence electrons. The summed E-state index contributed by atoms with van der Waals surface area (Å²) >= 11 is 11.8. The molecule has 9 heteroatoms. The van der Waals surface area contributed by atoms with Crippen LogP contribution in [-0.4, -0.2) is 20.4 Å². The van der Waals surface area contributed by atoms with Gasteiger partial charge in [0.1, 0.15) is 5.82 Å². The number of anilines is 1. The summed E-state index contributed by atoms with van der Waals surface area (Å²) in [4.78, 5) is 12.4. The summed E-state index contributed by atoms with van der Waals surface area (Å²) in [5, 5.41) is 3.09. The molecule has 0 spiro atoms. The van der Waals surface area contributed by atoms with Crippen molar-refractivity contribution in [3.05, 3.63) is 57.8 Å². The second-order valence-electron chi connectivity index (χ2n) is 7.75. The van der Waals surface area contributed by atoms with Crippen molar-refractivity contribution in [1.82, 2.24) is 4.72 Å². The molecule has 0 aromatic heterocycles. The van der Waals surface area contributed by atoms with E-state index in [2.05, 4.69) is 17.0 Å². The second kappa shape index (κ2) is 9.22. The fourth-order valence-corrected chi connectivity index (χ4v) is 5.60. The summed E-state index contributed by atoms with van der Waals surface area (Å²) in [6, 6.07) is 7.37. The van der Waals surface area contributed by atoms with E-state index in [1.165, 1.54) is 18.2 Å². The van der Waals surface area contributed by atoms with E-state index in [0.29, 0.717) is 16.0 Å². The van der Waals surface area contributed by atoms with Crippen LogP contribution in [0.2, 0.25) is 10.0 Å². The van der Waals surface area contributed by atoms with Crippen molar-refractivity contribution in [3.63, 3.8) is 0 Å². The Hall–Kier alpha value is -1.67. The molecule has 1 aliphatic rings. The molecular formula is C21H23Cl2FN2O3S. The summed E-state index contributed by atoms with van der Waals surface area (Å²) in [6.45, 7) is 4.13. The van der Waals surface area contributed by atoms with E-state index in [-0.39, 0.29) is 28.1 Å². The van der Waals surface area contributed by atoms with Crippen molar-refractivity contribution in [2.45, 2.75) is 44.0 Å². The van der Waals surface area contributed by atoms with Crippen LogP contribution in [0, 0.1) is 17.7 Å². The van der Waals surface area contributed by atoms with Gasteiger partial charge in [0.2, 0.25) is 10.0 Å². The quantitative estimate of drug-likeness (QED) is 0.603. The van der Waals surface area contributed by atoms with Gasteiger partial charge in [-0.05, 0) is 54.7 Å². The number of benzene rings is 2. The molecule has 2 N–H and O–H groups in total. The molecule has 5 nitrogen and oxygen atoms in total. The maximum absolute atomic E-state index is 14.3. The van der Waals surface area contributed by atoms with Crippen LogP contribution in [0.5, 0.6) is 0 Å². The normalized spacial score (nSPS) is 22.0. The first kappa shape index (κ1) is 23.0. The highest BCUT2D eigenvalue weighted by Crippen LogP contribution is 2.31. The van der Waals surface area contributed by atoms with Gasteiger partial charge in [-0.15, -0.1) is 0 Å². The van der Waals surface area contributed by atoms with Gasteiger partial charge in [0.15, 0.2) is 0 Å². The van der Waals surface area contributed by atoms with E-state index in [1.54, 1.807) is 0 Å². The number of hydrogen-bond donors (Lipinski definition) is 2. The molecule has 3 unspecified atom stereocenters. The van der Waals surface area contributed by atoms with Crippen molar-refractivity contribution in [3.8, 4) is 0 Å². The molecule has 3 rings (SSSR count). The molecule has 2 aromatic carbocycles. The lowest BCUT2D eigenvalue weighted by Crippen LogP contribution is -2.43. The van der Waals surface area contributed by atoms with E-state index >= 15 is 0 Å². The van der Waals surface area contributed by atoms with Crippen LogP contribution in [-0.2, 0) is 10.0 Å².